The van der Waals surface area contributed by atoms with Gasteiger partial charge in [0.1, 0.15) is 11.4 Å². The number of fused-ring (bicyclic) bond motifs is 1. The molecule has 0 saturated carbocycles. The number of aromatic amines is 1. The number of hydrogen-bond donors (Lipinski definition) is 3. The third-order valence-corrected chi connectivity index (χ3v) is 3.42. The molecular weight excluding hydrogens is 426 g/mol. The fourth-order valence-electron chi connectivity index (χ4n) is 2.14. The number of benzene rings is 1. The maximum absolute atomic E-state index is 12.1. The molecular formula is C28H43N3O3. The number of pyridine rings is 1. The van der Waals surface area contributed by atoms with Crippen LogP contribution < -0.4 is 5.32 Å². The smallest absolute Gasteiger partial charge is 0.259 e. The first kappa shape index (κ1) is 34.9. The van der Waals surface area contributed by atoms with Gasteiger partial charge in [0.05, 0.1) is 23.1 Å². The second-order valence-corrected chi connectivity index (χ2v) is 5.34. The zero-order valence-corrected chi connectivity index (χ0v) is 22.3. The Kier molecular flexibility index (Phi) is 23.1. The second-order valence-electron chi connectivity index (χ2n) is 5.34. The van der Waals surface area contributed by atoms with Crippen LogP contribution in [0.15, 0.2) is 67.9 Å². The van der Waals surface area contributed by atoms with Crippen molar-refractivity contribution in [3.8, 4) is 5.75 Å². The number of aromatic nitrogens is 2. The van der Waals surface area contributed by atoms with Crippen molar-refractivity contribution in [1.29, 1.82) is 0 Å². The number of amides is 1. The number of Topliss-reactive ketones (excluding diaryl/α,β-unsaturated/α-hetero) is 1. The molecule has 3 aromatic rings. The molecule has 3 rings (SSSR count). The van der Waals surface area contributed by atoms with Gasteiger partial charge in [-0.15, -0.1) is 0 Å². The molecule has 0 aliphatic carbocycles. The number of nitrogens with zero attached hydrogens (tertiary/aromatic N) is 1. The summed E-state index contributed by atoms with van der Waals surface area (Å²) >= 11 is 0. The number of nitrogens with one attached hydrogen (secondary N) is 2. The van der Waals surface area contributed by atoms with E-state index in [4.69, 9.17) is 0 Å². The minimum Gasteiger partial charge on any atom is -0.507 e. The lowest BCUT2D eigenvalue weighted by atomic mass is 10.2. The number of para-hydroxylation sites is 1. The van der Waals surface area contributed by atoms with Crippen LogP contribution in [0.5, 0.6) is 5.75 Å². The molecule has 0 atom stereocenters. The third kappa shape index (κ3) is 12.4. The van der Waals surface area contributed by atoms with Crippen LogP contribution in [0.2, 0.25) is 0 Å². The first-order valence-electron chi connectivity index (χ1n) is 11.8. The summed E-state index contributed by atoms with van der Waals surface area (Å²) in [6.45, 7) is 24.2. The zero-order valence-electron chi connectivity index (χ0n) is 22.3. The van der Waals surface area contributed by atoms with Crippen molar-refractivity contribution in [3.05, 3.63) is 79.2 Å². The van der Waals surface area contributed by atoms with Gasteiger partial charge in [-0.1, -0.05) is 92.8 Å². The van der Waals surface area contributed by atoms with Crippen molar-refractivity contribution in [2.45, 2.75) is 62.3 Å². The molecule has 2 heterocycles. The summed E-state index contributed by atoms with van der Waals surface area (Å²) in [7, 11) is 0. The average Bonchev–Trinajstić information content (AvgIpc) is 3.33. The van der Waals surface area contributed by atoms with E-state index < -0.39 is 5.91 Å². The Labute approximate surface area is 205 Å². The topological polar surface area (TPSA) is 95.1 Å². The SMILES string of the molecule is C=CC=C.CC.CC.CC.CC.CC(=O)c1cc2cc(NC(=O)c3ccccc3O)cnc2[nH]1. The van der Waals surface area contributed by atoms with Crippen LogP contribution in [0, 0.1) is 0 Å². The molecule has 1 amide bonds. The molecule has 6 nitrogen and oxygen atoms in total. The number of anilines is 1. The highest BCUT2D eigenvalue weighted by Gasteiger charge is 2.12. The molecule has 0 fully saturated rings. The molecule has 2 aromatic heterocycles. The maximum atomic E-state index is 12.1. The Bertz CT molecular complexity index is 970. The maximum Gasteiger partial charge on any atom is 0.259 e. The van der Waals surface area contributed by atoms with Crippen LogP contribution in [0.25, 0.3) is 11.0 Å². The highest BCUT2D eigenvalue weighted by atomic mass is 16.3. The fraction of sp³-hybridized carbons (Fsp3) is 0.321. The number of allylic oxidation sites excluding steroid dienone is 2. The number of carbonyl (C=O) groups is 2. The fourth-order valence-corrected chi connectivity index (χ4v) is 2.14. The molecule has 3 N–H and O–H groups in total. The summed E-state index contributed by atoms with van der Waals surface area (Å²) in [5, 5.41) is 13.1. The summed E-state index contributed by atoms with van der Waals surface area (Å²) < 4.78 is 0. The van der Waals surface area contributed by atoms with E-state index in [-0.39, 0.29) is 17.1 Å². The number of hydrogen-bond acceptors (Lipinski definition) is 4. The first-order valence-corrected chi connectivity index (χ1v) is 11.8. The Morgan fingerprint density at radius 1 is 0.941 bits per heavy atom. The molecule has 0 radical (unpaired) electrons. The van der Waals surface area contributed by atoms with Gasteiger partial charge >= 0.3 is 0 Å². The summed E-state index contributed by atoms with van der Waals surface area (Å²) in [5.41, 5.74) is 1.70. The minimum atomic E-state index is -0.429. The normalized spacial score (nSPS) is 8.15. The van der Waals surface area contributed by atoms with Crippen LogP contribution in [0.1, 0.15) is 83.2 Å². The van der Waals surface area contributed by atoms with Crippen LogP contribution in [0.4, 0.5) is 5.69 Å². The Hall–Kier alpha value is -3.67. The molecule has 0 spiro atoms. The Balaban J connectivity index is -0.000000690. The first-order chi connectivity index (χ1) is 16.5. The molecule has 0 bridgehead atoms. The van der Waals surface area contributed by atoms with Crippen molar-refractivity contribution in [3.63, 3.8) is 0 Å². The van der Waals surface area contributed by atoms with Gasteiger partial charge in [0.2, 0.25) is 0 Å². The van der Waals surface area contributed by atoms with E-state index in [1.54, 1.807) is 36.4 Å². The molecule has 34 heavy (non-hydrogen) atoms. The number of H-pyrrole nitrogens is 1. The average molecular weight is 470 g/mol. The predicted octanol–water partition coefficient (Wildman–Crippen LogP) is 8.19. The number of rotatable bonds is 4. The number of phenolic OH excluding ortho intramolecular Hbond substituents is 1. The highest BCUT2D eigenvalue weighted by Crippen LogP contribution is 2.21. The molecule has 0 unspecified atom stereocenters. The lowest BCUT2D eigenvalue weighted by molar-refractivity contribution is 0.100. The van der Waals surface area contributed by atoms with Gasteiger partial charge < -0.3 is 15.4 Å². The molecule has 0 aliphatic heterocycles. The quantitative estimate of drug-likeness (QED) is 0.265. The van der Waals surface area contributed by atoms with Crippen LogP contribution in [0.3, 0.4) is 0 Å². The van der Waals surface area contributed by atoms with E-state index in [0.717, 1.165) is 5.39 Å². The number of carbonyl (C=O) groups excluding carboxylic acids is 2. The number of phenols is 1. The lowest BCUT2D eigenvalue weighted by Crippen LogP contribution is -2.12. The van der Waals surface area contributed by atoms with Crippen molar-refractivity contribution in [1.82, 2.24) is 9.97 Å². The van der Waals surface area contributed by atoms with E-state index >= 15 is 0 Å². The van der Waals surface area contributed by atoms with E-state index in [9.17, 15) is 14.7 Å². The van der Waals surface area contributed by atoms with E-state index in [1.807, 2.05) is 55.4 Å². The Morgan fingerprint density at radius 3 is 1.94 bits per heavy atom. The van der Waals surface area contributed by atoms with Crippen molar-refractivity contribution < 1.29 is 14.7 Å². The highest BCUT2D eigenvalue weighted by molar-refractivity contribution is 6.06. The Morgan fingerprint density at radius 2 is 1.47 bits per heavy atom. The number of ketones is 1. The second kappa shape index (κ2) is 22.5. The molecule has 1 aromatic carbocycles. The summed E-state index contributed by atoms with van der Waals surface area (Å²) in [4.78, 5) is 30.5. The van der Waals surface area contributed by atoms with Gasteiger partial charge in [0.25, 0.3) is 5.91 Å². The van der Waals surface area contributed by atoms with Gasteiger partial charge in [-0.3, -0.25) is 9.59 Å². The van der Waals surface area contributed by atoms with Gasteiger partial charge in [-0.2, -0.15) is 0 Å². The van der Waals surface area contributed by atoms with Gasteiger partial charge in [0.15, 0.2) is 5.78 Å². The van der Waals surface area contributed by atoms with Crippen LogP contribution in [-0.4, -0.2) is 26.8 Å². The molecule has 188 valence electrons. The monoisotopic (exact) mass is 469 g/mol. The van der Waals surface area contributed by atoms with Crippen molar-refractivity contribution in [2.24, 2.45) is 0 Å². The van der Waals surface area contributed by atoms with Gasteiger partial charge in [-0.25, -0.2) is 4.98 Å². The lowest BCUT2D eigenvalue weighted by Gasteiger charge is -2.06. The predicted molar refractivity (Wildman–Crippen MR) is 148 cm³/mol. The molecule has 0 aliphatic rings. The van der Waals surface area contributed by atoms with Crippen molar-refractivity contribution in [2.75, 3.05) is 5.32 Å². The van der Waals surface area contributed by atoms with Crippen molar-refractivity contribution >= 4 is 28.4 Å². The van der Waals surface area contributed by atoms with E-state index in [1.165, 1.54) is 25.3 Å². The summed E-state index contributed by atoms with van der Waals surface area (Å²) in [6, 6.07) is 9.68. The van der Waals surface area contributed by atoms with E-state index in [2.05, 4.69) is 28.4 Å². The largest absolute Gasteiger partial charge is 0.507 e. The molecule has 6 heteroatoms. The van der Waals surface area contributed by atoms with E-state index in [0.29, 0.717) is 17.0 Å². The summed E-state index contributed by atoms with van der Waals surface area (Å²) in [5.74, 6) is -0.603. The van der Waals surface area contributed by atoms with Gasteiger partial charge in [0, 0.05) is 12.3 Å². The number of aromatic hydroxyl groups is 1. The van der Waals surface area contributed by atoms with Crippen LogP contribution >= 0.6 is 0 Å². The minimum absolute atomic E-state index is 0.0854. The standard InChI is InChI=1S/C16H13N3O3.C4H6.4C2H6/c1-9(20)13-7-10-6-11(8-17-15(10)19-13)18-16(22)12-4-2-3-5-14(12)21;1-3-4-2;4*1-2/h2-8,21H,1H3,(H,17,19)(H,18,22);3-4H,1-2H2;4*1-2H3. The zero-order chi connectivity index (χ0) is 27.1. The van der Waals surface area contributed by atoms with Crippen LogP contribution in [-0.2, 0) is 0 Å². The summed E-state index contributed by atoms with van der Waals surface area (Å²) in [6.07, 6.45) is 4.76. The molecule has 0 saturated heterocycles. The third-order valence-electron chi connectivity index (χ3n) is 3.42. The van der Waals surface area contributed by atoms with Gasteiger partial charge in [-0.05, 0) is 24.3 Å².